The van der Waals surface area contributed by atoms with Gasteiger partial charge in [-0.05, 0) is 18.4 Å². The van der Waals surface area contributed by atoms with E-state index in [-0.39, 0.29) is 5.91 Å². The van der Waals surface area contributed by atoms with E-state index in [1.807, 2.05) is 23.9 Å². The van der Waals surface area contributed by atoms with E-state index in [1.54, 1.807) is 17.5 Å². The van der Waals surface area contributed by atoms with Gasteiger partial charge < -0.3 is 9.88 Å². The molecule has 5 nitrogen and oxygen atoms in total. The number of nitrogens with zero attached hydrogens (tertiary/aromatic N) is 3. The Morgan fingerprint density at radius 2 is 2.25 bits per heavy atom. The molecule has 0 aliphatic heterocycles. The number of fused-ring (bicyclic) bond motifs is 3. The molecule has 2 heterocycles. The van der Waals surface area contributed by atoms with Crippen molar-refractivity contribution in [3.8, 4) is 11.3 Å². The summed E-state index contributed by atoms with van der Waals surface area (Å²) in [5.41, 5.74) is 3.55. The molecule has 1 N–H and O–H groups in total. The minimum atomic E-state index is -0.0533. The highest BCUT2D eigenvalue weighted by Crippen LogP contribution is 2.37. The Morgan fingerprint density at radius 1 is 1.38 bits per heavy atom. The molecule has 0 unspecified atom stereocenters. The Kier molecular flexibility index (Phi) is 4.12. The Morgan fingerprint density at radius 3 is 3.08 bits per heavy atom. The standard InChI is InChI=1S/C17H16N4OS2/c1-21-9-8-18-17(21)23-10-14(22)19-16-20-15-12-5-3-2-4-11(12)6-7-13(15)24-16/h2-5,8-9H,6-7,10H2,1H3,(H,19,20,22). The molecule has 1 aliphatic rings. The molecule has 4 rings (SSSR count). The van der Waals surface area contributed by atoms with Crippen molar-refractivity contribution in [1.82, 2.24) is 14.5 Å². The van der Waals surface area contributed by atoms with E-state index in [0.29, 0.717) is 10.9 Å². The highest BCUT2D eigenvalue weighted by molar-refractivity contribution is 7.99. The van der Waals surface area contributed by atoms with Crippen molar-refractivity contribution in [2.75, 3.05) is 11.1 Å². The summed E-state index contributed by atoms with van der Waals surface area (Å²) in [4.78, 5) is 22.3. The number of carbonyl (C=O) groups excluding carboxylic acids is 1. The van der Waals surface area contributed by atoms with Crippen LogP contribution >= 0.6 is 23.1 Å². The highest BCUT2D eigenvalue weighted by atomic mass is 32.2. The van der Waals surface area contributed by atoms with Crippen LogP contribution in [0.2, 0.25) is 0 Å². The summed E-state index contributed by atoms with van der Waals surface area (Å²) in [5.74, 6) is 0.272. The van der Waals surface area contributed by atoms with Crippen LogP contribution in [0.1, 0.15) is 10.4 Å². The van der Waals surface area contributed by atoms with Gasteiger partial charge in [0.2, 0.25) is 5.91 Å². The number of hydrogen-bond acceptors (Lipinski definition) is 5. The Hall–Kier alpha value is -2.12. The summed E-state index contributed by atoms with van der Waals surface area (Å²) in [5, 5.41) is 4.44. The molecule has 0 saturated heterocycles. The van der Waals surface area contributed by atoms with E-state index < -0.39 is 0 Å². The first kappa shape index (κ1) is 15.4. The lowest BCUT2D eigenvalue weighted by atomic mass is 9.94. The fourth-order valence-electron chi connectivity index (χ4n) is 2.78. The molecule has 7 heteroatoms. The lowest BCUT2D eigenvalue weighted by Gasteiger charge is -2.13. The van der Waals surface area contributed by atoms with Gasteiger partial charge in [-0.3, -0.25) is 4.79 Å². The summed E-state index contributed by atoms with van der Waals surface area (Å²) in [6, 6.07) is 8.36. The number of amides is 1. The molecular weight excluding hydrogens is 340 g/mol. The number of imidazole rings is 1. The zero-order valence-electron chi connectivity index (χ0n) is 13.2. The van der Waals surface area contributed by atoms with Crippen molar-refractivity contribution in [3.05, 3.63) is 47.1 Å². The van der Waals surface area contributed by atoms with E-state index in [4.69, 9.17) is 0 Å². The van der Waals surface area contributed by atoms with Gasteiger partial charge in [0.05, 0.1) is 11.4 Å². The van der Waals surface area contributed by atoms with Crippen LogP contribution in [0.25, 0.3) is 11.3 Å². The van der Waals surface area contributed by atoms with Crippen molar-refractivity contribution in [2.24, 2.45) is 7.05 Å². The zero-order chi connectivity index (χ0) is 16.5. The fourth-order valence-corrected chi connectivity index (χ4v) is 4.50. The number of aryl methyl sites for hydroxylation is 3. The van der Waals surface area contributed by atoms with Crippen LogP contribution in [-0.2, 0) is 24.7 Å². The topological polar surface area (TPSA) is 59.8 Å². The highest BCUT2D eigenvalue weighted by Gasteiger charge is 2.21. The number of thiazole rings is 1. The predicted octanol–water partition coefficient (Wildman–Crippen LogP) is 3.37. The van der Waals surface area contributed by atoms with Crippen LogP contribution < -0.4 is 5.32 Å². The predicted molar refractivity (Wildman–Crippen MR) is 97.5 cm³/mol. The van der Waals surface area contributed by atoms with Crippen LogP contribution in [0.5, 0.6) is 0 Å². The molecule has 122 valence electrons. The van der Waals surface area contributed by atoms with Gasteiger partial charge in [0.15, 0.2) is 10.3 Å². The maximum atomic E-state index is 12.2. The third-order valence-electron chi connectivity index (χ3n) is 3.95. The Balaban J connectivity index is 1.46. The van der Waals surface area contributed by atoms with Gasteiger partial charge in [0.1, 0.15) is 0 Å². The second-order valence-electron chi connectivity index (χ2n) is 5.61. The molecule has 2 aromatic heterocycles. The molecule has 0 fully saturated rings. The van der Waals surface area contributed by atoms with Crippen LogP contribution in [0.3, 0.4) is 0 Å². The minimum absolute atomic E-state index is 0.0533. The number of hydrogen-bond donors (Lipinski definition) is 1. The molecule has 1 amide bonds. The van der Waals surface area contributed by atoms with Crippen molar-refractivity contribution < 1.29 is 4.79 Å². The SMILES string of the molecule is Cn1ccnc1SCC(=O)Nc1nc2c(s1)CCc1ccccc1-2. The van der Waals surface area contributed by atoms with Crippen LogP contribution in [-0.4, -0.2) is 26.2 Å². The Bertz CT molecular complexity index is 900. The number of nitrogens with one attached hydrogen (secondary N) is 1. The van der Waals surface area contributed by atoms with Gasteiger partial charge in [0.25, 0.3) is 0 Å². The first-order valence-electron chi connectivity index (χ1n) is 7.68. The molecule has 24 heavy (non-hydrogen) atoms. The van der Waals surface area contributed by atoms with E-state index >= 15 is 0 Å². The van der Waals surface area contributed by atoms with Crippen molar-refractivity contribution in [2.45, 2.75) is 18.0 Å². The maximum Gasteiger partial charge on any atom is 0.236 e. The molecule has 1 aliphatic carbocycles. The average molecular weight is 356 g/mol. The first-order valence-corrected chi connectivity index (χ1v) is 9.49. The van der Waals surface area contributed by atoms with Gasteiger partial charge in [-0.2, -0.15) is 0 Å². The second kappa shape index (κ2) is 6.41. The summed E-state index contributed by atoms with van der Waals surface area (Å²) in [6.45, 7) is 0. The van der Waals surface area contributed by atoms with Crippen molar-refractivity contribution in [3.63, 3.8) is 0 Å². The minimum Gasteiger partial charge on any atom is -0.329 e. The molecular formula is C17H16N4OS2. The number of rotatable bonds is 4. The number of thioether (sulfide) groups is 1. The van der Waals surface area contributed by atoms with Gasteiger partial charge in [-0.1, -0.05) is 36.0 Å². The monoisotopic (exact) mass is 356 g/mol. The molecule has 1 aromatic carbocycles. The maximum absolute atomic E-state index is 12.2. The third kappa shape index (κ3) is 2.97. The Labute approximate surface area is 148 Å². The number of benzene rings is 1. The van der Waals surface area contributed by atoms with E-state index in [2.05, 4.69) is 33.5 Å². The average Bonchev–Trinajstić information content (AvgIpc) is 3.18. The van der Waals surface area contributed by atoms with Crippen molar-refractivity contribution >= 4 is 34.1 Å². The second-order valence-corrected chi connectivity index (χ2v) is 7.63. The summed E-state index contributed by atoms with van der Waals surface area (Å²) >= 11 is 3.00. The van der Waals surface area contributed by atoms with Crippen LogP contribution in [0.4, 0.5) is 5.13 Å². The molecule has 3 aromatic rings. The zero-order valence-corrected chi connectivity index (χ0v) is 14.8. The number of aromatic nitrogens is 3. The van der Waals surface area contributed by atoms with Crippen molar-refractivity contribution in [1.29, 1.82) is 0 Å². The summed E-state index contributed by atoms with van der Waals surface area (Å²) in [7, 11) is 1.92. The van der Waals surface area contributed by atoms with Crippen LogP contribution in [0.15, 0.2) is 41.8 Å². The van der Waals surface area contributed by atoms with Gasteiger partial charge >= 0.3 is 0 Å². The molecule has 0 spiro atoms. The fraction of sp³-hybridized carbons (Fsp3) is 0.235. The first-order chi connectivity index (χ1) is 11.7. The van der Waals surface area contributed by atoms with Gasteiger partial charge in [-0.15, -0.1) is 11.3 Å². The van der Waals surface area contributed by atoms with Gasteiger partial charge in [-0.25, -0.2) is 9.97 Å². The smallest absolute Gasteiger partial charge is 0.236 e. The molecule has 0 radical (unpaired) electrons. The summed E-state index contributed by atoms with van der Waals surface area (Å²) in [6.07, 6.45) is 5.62. The molecule has 0 saturated carbocycles. The normalized spacial score (nSPS) is 12.5. The quantitative estimate of drug-likeness (QED) is 0.728. The van der Waals surface area contributed by atoms with Gasteiger partial charge in [0, 0.05) is 29.9 Å². The molecule has 0 bridgehead atoms. The lowest BCUT2D eigenvalue weighted by Crippen LogP contribution is -2.14. The molecule has 0 atom stereocenters. The van der Waals surface area contributed by atoms with Crippen LogP contribution in [0, 0.1) is 0 Å². The largest absolute Gasteiger partial charge is 0.329 e. The lowest BCUT2D eigenvalue weighted by molar-refractivity contribution is -0.113. The summed E-state index contributed by atoms with van der Waals surface area (Å²) < 4.78 is 1.90. The van der Waals surface area contributed by atoms with E-state index in [0.717, 1.165) is 23.7 Å². The van der Waals surface area contributed by atoms with E-state index in [1.165, 1.54) is 27.8 Å². The number of anilines is 1. The van der Waals surface area contributed by atoms with E-state index in [9.17, 15) is 4.79 Å². The number of carbonyl (C=O) groups is 1. The third-order valence-corrected chi connectivity index (χ3v) is 6.04.